The van der Waals surface area contributed by atoms with Gasteiger partial charge in [0.25, 0.3) is 5.91 Å². The van der Waals surface area contributed by atoms with Crippen LogP contribution in [-0.4, -0.2) is 19.0 Å². The zero-order valence-corrected chi connectivity index (χ0v) is 13.9. The van der Waals surface area contributed by atoms with Crippen LogP contribution < -0.4 is 5.32 Å². The monoisotopic (exact) mass is 343 g/mol. The van der Waals surface area contributed by atoms with Gasteiger partial charge in [-0.2, -0.15) is 0 Å². The first-order valence-electron chi connectivity index (χ1n) is 7.18. The van der Waals surface area contributed by atoms with Crippen molar-refractivity contribution in [2.24, 2.45) is 0 Å². The lowest BCUT2D eigenvalue weighted by molar-refractivity contribution is 0.0600. The third kappa shape index (κ3) is 2.88. The molecular formula is C18H14FNO3S. The molecule has 0 spiro atoms. The largest absolute Gasteiger partial charge is 0.465 e. The van der Waals surface area contributed by atoms with Crippen molar-refractivity contribution in [3.05, 3.63) is 64.3 Å². The smallest absolute Gasteiger partial charge is 0.337 e. The van der Waals surface area contributed by atoms with Crippen molar-refractivity contribution in [2.45, 2.75) is 6.92 Å². The minimum Gasteiger partial charge on any atom is -0.465 e. The molecule has 122 valence electrons. The number of aryl methyl sites for hydroxylation is 1. The number of fused-ring (bicyclic) bond motifs is 1. The molecule has 0 unspecified atom stereocenters. The number of hydrogen-bond acceptors (Lipinski definition) is 4. The number of methoxy groups -OCH3 is 1. The maximum atomic E-state index is 13.9. The van der Waals surface area contributed by atoms with Gasteiger partial charge in [0.15, 0.2) is 0 Å². The molecule has 1 aromatic heterocycles. The number of ether oxygens (including phenoxy) is 1. The number of carbonyl (C=O) groups excluding carboxylic acids is 2. The van der Waals surface area contributed by atoms with Gasteiger partial charge in [-0.05, 0) is 48.9 Å². The molecule has 0 atom stereocenters. The summed E-state index contributed by atoms with van der Waals surface area (Å²) in [6, 6.07) is 11.2. The minimum absolute atomic E-state index is 0.307. The van der Waals surface area contributed by atoms with Crippen molar-refractivity contribution in [1.82, 2.24) is 0 Å². The Morgan fingerprint density at radius 2 is 1.83 bits per heavy atom. The molecule has 0 radical (unpaired) electrons. The summed E-state index contributed by atoms with van der Waals surface area (Å²) in [7, 11) is 1.31. The molecule has 0 aliphatic heterocycles. The van der Waals surface area contributed by atoms with Gasteiger partial charge >= 0.3 is 5.97 Å². The summed E-state index contributed by atoms with van der Waals surface area (Å²) in [6.45, 7) is 1.73. The number of rotatable bonds is 3. The maximum Gasteiger partial charge on any atom is 0.337 e. The molecular weight excluding hydrogens is 329 g/mol. The fraction of sp³-hybridized carbons (Fsp3) is 0.111. The lowest BCUT2D eigenvalue weighted by Crippen LogP contribution is -2.11. The molecule has 0 aliphatic rings. The van der Waals surface area contributed by atoms with E-state index in [0.717, 1.165) is 4.70 Å². The van der Waals surface area contributed by atoms with E-state index in [1.807, 2.05) is 0 Å². The predicted octanol–water partition coefficient (Wildman–Crippen LogP) is 4.39. The van der Waals surface area contributed by atoms with Gasteiger partial charge < -0.3 is 10.1 Å². The van der Waals surface area contributed by atoms with E-state index in [1.54, 1.807) is 43.3 Å². The van der Waals surface area contributed by atoms with Crippen LogP contribution in [-0.2, 0) is 4.74 Å². The summed E-state index contributed by atoms with van der Waals surface area (Å²) in [6.07, 6.45) is 0. The van der Waals surface area contributed by atoms with E-state index in [1.165, 1.54) is 24.5 Å². The average molecular weight is 343 g/mol. The van der Waals surface area contributed by atoms with Crippen molar-refractivity contribution >= 4 is 39.0 Å². The second kappa shape index (κ2) is 6.41. The van der Waals surface area contributed by atoms with Crippen LogP contribution in [0, 0.1) is 12.7 Å². The minimum atomic E-state index is -0.441. The number of anilines is 1. The molecule has 0 saturated heterocycles. The number of carbonyl (C=O) groups is 2. The molecule has 1 amide bonds. The van der Waals surface area contributed by atoms with Crippen molar-refractivity contribution in [3.8, 4) is 0 Å². The van der Waals surface area contributed by atoms with Crippen molar-refractivity contribution in [1.29, 1.82) is 0 Å². The van der Waals surface area contributed by atoms with Gasteiger partial charge in [0, 0.05) is 15.8 Å². The zero-order chi connectivity index (χ0) is 17.3. The highest BCUT2D eigenvalue weighted by molar-refractivity contribution is 7.21. The Morgan fingerprint density at radius 3 is 2.46 bits per heavy atom. The fourth-order valence-electron chi connectivity index (χ4n) is 2.47. The van der Waals surface area contributed by atoms with Gasteiger partial charge in [-0.15, -0.1) is 11.3 Å². The van der Waals surface area contributed by atoms with Gasteiger partial charge in [-0.25, -0.2) is 9.18 Å². The van der Waals surface area contributed by atoms with Crippen LogP contribution in [0.25, 0.3) is 10.1 Å². The van der Waals surface area contributed by atoms with Crippen LogP contribution in [0.4, 0.5) is 10.1 Å². The molecule has 4 nitrogen and oxygen atoms in total. The second-order valence-electron chi connectivity index (χ2n) is 5.19. The third-order valence-electron chi connectivity index (χ3n) is 3.67. The summed E-state index contributed by atoms with van der Waals surface area (Å²) in [5, 5.41) is 3.24. The predicted molar refractivity (Wildman–Crippen MR) is 92.3 cm³/mol. The van der Waals surface area contributed by atoms with Crippen molar-refractivity contribution in [3.63, 3.8) is 0 Å². The first-order chi connectivity index (χ1) is 11.5. The van der Waals surface area contributed by atoms with E-state index in [9.17, 15) is 14.0 Å². The first kappa shape index (κ1) is 16.1. The van der Waals surface area contributed by atoms with Crippen LogP contribution in [0.5, 0.6) is 0 Å². The van der Waals surface area contributed by atoms with Crippen molar-refractivity contribution < 1.29 is 18.7 Å². The Balaban J connectivity index is 1.86. The van der Waals surface area contributed by atoms with Gasteiger partial charge in [0.1, 0.15) is 5.82 Å². The number of halogens is 1. The van der Waals surface area contributed by atoms with Crippen LogP contribution in [0.3, 0.4) is 0 Å². The first-order valence-corrected chi connectivity index (χ1v) is 8.00. The highest BCUT2D eigenvalue weighted by Gasteiger charge is 2.18. The highest BCUT2D eigenvalue weighted by atomic mass is 32.1. The zero-order valence-electron chi connectivity index (χ0n) is 13.1. The highest BCUT2D eigenvalue weighted by Crippen LogP contribution is 2.33. The topological polar surface area (TPSA) is 55.4 Å². The van der Waals surface area contributed by atoms with Gasteiger partial charge in [-0.1, -0.05) is 6.07 Å². The standard InChI is InChI=1S/C18H14FNO3S/c1-10-15-13(19)4-3-5-14(15)24-16(10)17(21)20-12-8-6-11(7-9-12)18(22)23-2/h3-9H,1-2H3,(H,20,21). The number of thiophene rings is 1. The number of benzene rings is 2. The number of esters is 1. The summed E-state index contributed by atoms with van der Waals surface area (Å²) in [4.78, 5) is 24.3. The summed E-state index contributed by atoms with van der Waals surface area (Å²) >= 11 is 1.25. The lowest BCUT2D eigenvalue weighted by atomic mass is 10.1. The molecule has 24 heavy (non-hydrogen) atoms. The summed E-state index contributed by atoms with van der Waals surface area (Å²) in [5.74, 6) is -1.08. The SMILES string of the molecule is COC(=O)c1ccc(NC(=O)c2sc3cccc(F)c3c2C)cc1. The Bertz CT molecular complexity index is 931. The van der Waals surface area contributed by atoms with Crippen LogP contribution >= 0.6 is 11.3 Å². The molecule has 0 fully saturated rings. The van der Waals surface area contributed by atoms with Gasteiger partial charge in [0.2, 0.25) is 0 Å². The molecule has 6 heteroatoms. The number of amides is 1. The molecule has 3 aromatic rings. The second-order valence-corrected chi connectivity index (χ2v) is 6.24. The van der Waals surface area contributed by atoms with Gasteiger partial charge in [0.05, 0.1) is 17.6 Å². The normalized spacial score (nSPS) is 10.6. The van der Waals surface area contributed by atoms with E-state index < -0.39 is 5.97 Å². The molecule has 0 saturated carbocycles. The van der Waals surface area contributed by atoms with Crippen molar-refractivity contribution in [2.75, 3.05) is 12.4 Å². The van der Waals surface area contributed by atoms with Crippen LogP contribution in [0.1, 0.15) is 25.6 Å². The molecule has 0 aliphatic carbocycles. The van der Waals surface area contributed by atoms with E-state index >= 15 is 0 Å². The summed E-state index contributed by atoms with van der Waals surface area (Å²) < 4.78 is 19.3. The molecule has 2 aromatic carbocycles. The quantitative estimate of drug-likeness (QED) is 0.718. The lowest BCUT2D eigenvalue weighted by Gasteiger charge is -2.05. The Kier molecular flexibility index (Phi) is 4.31. The van der Waals surface area contributed by atoms with E-state index in [4.69, 9.17) is 0 Å². The van der Waals surface area contributed by atoms with Gasteiger partial charge in [-0.3, -0.25) is 4.79 Å². The maximum absolute atomic E-state index is 13.9. The molecule has 1 heterocycles. The number of nitrogens with one attached hydrogen (secondary N) is 1. The molecule has 3 rings (SSSR count). The van der Waals surface area contributed by atoms with E-state index in [2.05, 4.69) is 10.1 Å². The van der Waals surface area contributed by atoms with E-state index in [-0.39, 0.29) is 11.7 Å². The average Bonchev–Trinajstić information content (AvgIpc) is 2.93. The van der Waals surface area contributed by atoms with E-state index in [0.29, 0.717) is 27.1 Å². The Labute approximate surface area is 141 Å². The summed E-state index contributed by atoms with van der Waals surface area (Å²) in [5.41, 5.74) is 1.57. The fourth-order valence-corrected chi connectivity index (χ4v) is 3.58. The Hall–Kier alpha value is -2.73. The van der Waals surface area contributed by atoms with Crippen LogP contribution in [0.15, 0.2) is 42.5 Å². The third-order valence-corrected chi connectivity index (χ3v) is 4.93. The Morgan fingerprint density at radius 1 is 1.12 bits per heavy atom. The molecule has 0 bridgehead atoms. The number of hydrogen-bond donors (Lipinski definition) is 1. The van der Waals surface area contributed by atoms with Crippen LogP contribution in [0.2, 0.25) is 0 Å². The molecule has 1 N–H and O–H groups in total.